The molecule has 0 fully saturated rings. The first-order valence-electron chi connectivity index (χ1n) is 6.87. The Morgan fingerprint density at radius 1 is 1.30 bits per heavy atom. The molecule has 0 aromatic carbocycles. The van der Waals surface area contributed by atoms with E-state index in [1.165, 1.54) is 4.90 Å². The second kappa shape index (κ2) is 6.55. The number of rotatable bonds is 4. The zero-order chi connectivity index (χ0) is 15.3. The topological polar surface area (TPSA) is 46.6 Å². The summed E-state index contributed by atoms with van der Waals surface area (Å²) in [6, 6.07) is 0. The zero-order valence-corrected chi connectivity index (χ0v) is 12.8. The van der Waals surface area contributed by atoms with E-state index in [1.54, 1.807) is 25.4 Å². The summed E-state index contributed by atoms with van der Waals surface area (Å²) < 4.78 is 4.98. The molecule has 4 nitrogen and oxygen atoms in total. The molecule has 0 bridgehead atoms. The van der Waals surface area contributed by atoms with Gasteiger partial charge in [0.1, 0.15) is 5.78 Å². The number of nitrogens with zero attached hydrogens (tertiary/aromatic N) is 1. The van der Waals surface area contributed by atoms with Crippen molar-refractivity contribution in [1.29, 1.82) is 0 Å². The maximum absolute atomic E-state index is 12.3. The SMILES string of the molecule is CCOC(=O)N1C=CC=CC(C(C)(C)C(=O)C(C)C)=C1. The van der Waals surface area contributed by atoms with Gasteiger partial charge in [-0.25, -0.2) is 4.79 Å². The highest BCUT2D eigenvalue weighted by atomic mass is 16.5. The Labute approximate surface area is 120 Å². The van der Waals surface area contributed by atoms with Crippen molar-refractivity contribution in [2.24, 2.45) is 11.3 Å². The molecule has 0 aromatic rings. The Bertz CT molecular complexity index is 470. The minimum Gasteiger partial charge on any atom is -0.449 e. The van der Waals surface area contributed by atoms with Crippen LogP contribution >= 0.6 is 0 Å². The van der Waals surface area contributed by atoms with E-state index in [1.807, 2.05) is 39.8 Å². The van der Waals surface area contributed by atoms with Crippen LogP contribution in [0.1, 0.15) is 34.6 Å². The lowest BCUT2D eigenvalue weighted by molar-refractivity contribution is -0.128. The van der Waals surface area contributed by atoms with Crippen LogP contribution in [-0.4, -0.2) is 23.4 Å². The summed E-state index contributed by atoms with van der Waals surface area (Å²) in [7, 11) is 0. The molecule has 0 aromatic heterocycles. The number of carbonyl (C=O) groups excluding carboxylic acids is 2. The standard InChI is InChI=1S/C16H23NO3/c1-6-20-15(19)17-10-8-7-9-13(11-17)16(4,5)14(18)12(2)3/h7-12H,6H2,1-5H3. The third-order valence-electron chi connectivity index (χ3n) is 3.25. The second-order valence-corrected chi connectivity index (χ2v) is 5.54. The van der Waals surface area contributed by atoms with Gasteiger partial charge in [0, 0.05) is 23.7 Å². The van der Waals surface area contributed by atoms with Crippen molar-refractivity contribution >= 4 is 11.9 Å². The molecule has 0 atom stereocenters. The molecular formula is C16H23NO3. The first-order chi connectivity index (χ1) is 9.30. The summed E-state index contributed by atoms with van der Waals surface area (Å²) in [5.41, 5.74) is 0.135. The number of hydrogen-bond acceptors (Lipinski definition) is 3. The lowest BCUT2D eigenvalue weighted by atomic mass is 9.76. The third-order valence-corrected chi connectivity index (χ3v) is 3.25. The third kappa shape index (κ3) is 3.59. The van der Waals surface area contributed by atoms with Gasteiger partial charge in [0.25, 0.3) is 0 Å². The van der Waals surface area contributed by atoms with Gasteiger partial charge in [-0.15, -0.1) is 0 Å². The lowest BCUT2D eigenvalue weighted by Crippen LogP contribution is -2.31. The van der Waals surface area contributed by atoms with E-state index in [-0.39, 0.29) is 11.7 Å². The minimum atomic E-state index is -0.651. The van der Waals surface area contributed by atoms with Crippen LogP contribution in [-0.2, 0) is 9.53 Å². The molecule has 0 N–H and O–H groups in total. The van der Waals surface area contributed by atoms with Crippen molar-refractivity contribution in [3.8, 4) is 0 Å². The number of Topliss-reactive ketones (excluding diaryl/α,β-unsaturated/α-hetero) is 1. The molecule has 4 heteroatoms. The fraction of sp³-hybridized carbons (Fsp3) is 0.500. The van der Waals surface area contributed by atoms with Gasteiger partial charge >= 0.3 is 6.09 Å². The van der Waals surface area contributed by atoms with Crippen molar-refractivity contribution in [2.75, 3.05) is 6.61 Å². The molecule has 1 rings (SSSR count). The molecule has 0 saturated heterocycles. The summed E-state index contributed by atoms with van der Waals surface area (Å²) in [5, 5.41) is 0. The first kappa shape index (κ1) is 16.2. The van der Waals surface area contributed by atoms with E-state index >= 15 is 0 Å². The van der Waals surface area contributed by atoms with Gasteiger partial charge in [0.05, 0.1) is 6.61 Å². The van der Waals surface area contributed by atoms with Crippen molar-refractivity contribution in [3.05, 3.63) is 36.2 Å². The number of ether oxygens (including phenoxy) is 1. The number of allylic oxidation sites excluding steroid dienone is 4. The molecule has 1 aliphatic rings. The van der Waals surface area contributed by atoms with Gasteiger partial charge in [-0.2, -0.15) is 0 Å². The molecule has 1 aliphatic heterocycles. The van der Waals surface area contributed by atoms with Gasteiger partial charge in [-0.3, -0.25) is 9.69 Å². The largest absolute Gasteiger partial charge is 0.449 e. The highest BCUT2D eigenvalue weighted by Gasteiger charge is 2.33. The summed E-state index contributed by atoms with van der Waals surface area (Å²) in [5.74, 6) is 0.0747. The Morgan fingerprint density at radius 3 is 2.50 bits per heavy atom. The normalized spacial score (nSPS) is 15.1. The Kier molecular flexibility index (Phi) is 5.31. The van der Waals surface area contributed by atoms with Gasteiger partial charge in [-0.05, 0) is 32.4 Å². The second-order valence-electron chi connectivity index (χ2n) is 5.54. The van der Waals surface area contributed by atoms with Crippen LogP contribution in [0, 0.1) is 11.3 Å². The minimum absolute atomic E-state index is 0.0634. The maximum atomic E-state index is 12.3. The van der Waals surface area contributed by atoms with Crippen LogP contribution in [0.15, 0.2) is 36.2 Å². The fourth-order valence-corrected chi connectivity index (χ4v) is 2.08. The molecule has 110 valence electrons. The average Bonchev–Trinajstić information content (AvgIpc) is 2.64. The lowest BCUT2D eigenvalue weighted by Gasteiger charge is -2.27. The Hall–Kier alpha value is -1.84. The molecular weight excluding hydrogens is 254 g/mol. The number of ketones is 1. The molecule has 1 heterocycles. The van der Waals surface area contributed by atoms with E-state index in [0.717, 1.165) is 5.57 Å². The van der Waals surface area contributed by atoms with Crippen molar-refractivity contribution in [1.82, 2.24) is 4.90 Å². The number of hydrogen-bond donors (Lipinski definition) is 0. The molecule has 20 heavy (non-hydrogen) atoms. The average molecular weight is 277 g/mol. The van der Waals surface area contributed by atoms with Crippen molar-refractivity contribution < 1.29 is 14.3 Å². The molecule has 1 amide bonds. The Balaban J connectivity index is 3.09. The highest BCUT2D eigenvalue weighted by molar-refractivity contribution is 5.89. The van der Waals surface area contributed by atoms with Gasteiger partial charge in [-0.1, -0.05) is 26.0 Å². The predicted octanol–water partition coefficient (Wildman–Crippen LogP) is 3.66. The van der Waals surface area contributed by atoms with Crippen LogP contribution in [0.25, 0.3) is 0 Å². The predicted molar refractivity (Wildman–Crippen MR) is 78.9 cm³/mol. The molecule has 0 saturated carbocycles. The summed E-state index contributed by atoms with van der Waals surface area (Å²) in [6.45, 7) is 9.59. The fourth-order valence-electron chi connectivity index (χ4n) is 2.08. The van der Waals surface area contributed by atoms with Crippen LogP contribution in [0.3, 0.4) is 0 Å². The van der Waals surface area contributed by atoms with Gasteiger partial charge in [0.15, 0.2) is 0 Å². The van der Waals surface area contributed by atoms with Crippen LogP contribution < -0.4 is 0 Å². The quantitative estimate of drug-likeness (QED) is 0.787. The number of amides is 1. The van der Waals surface area contributed by atoms with E-state index < -0.39 is 11.5 Å². The van der Waals surface area contributed by atoms with E-state index in [2.05, 4.69) is 0 Å². The van der Waals surface area contributed by atoms with Crippen LogP contribution in [0.4, 0.5) is 4.79 Å². The Morgan fingerprint density at radius 2 is 1.95 bits per heavy atom. The smallest absolute Gasteiger partial charge is 0.417 e. The van der Waals surface area contributed by atoms with Crippen LogP contribution in [0.2, 0.25) is 0 Å². The summed E-state index contributed by atoms with van der Waals surface area (Å²) in [4.78, 5) is 25.5. The molecule has 0 aliphatic carbocycles. The van der Waals surface area contributed by atoms with E-state index in [9.17, 15) is 9.59 Å². The van der Waals surface area contributed by atoms with Gasteiger partial charge < -0.3 is 4.74 Å². The zero-order valence-electron chi connectivity index (χ0n) is 12.8. The molecule has 0 radical (unpaired) electrons. The van der Waals surface area contributed by atoms with E-state index in [4.69, 9.17) is 4.74 Å². The maximum Gasteiger partial charge on any atom is 0.417 e. The van der Waals surface area contributed by atoms with Crippen molar-refractivity contribution in [2.45, 2.75) is 34.6 Å². The summed E-state index contributed by atoms with van der Waals surface area (Å²) in [6.07, 6.45) is 8.26. The van der Waals surface area contributed by atoms with Gasteiger partial charge in [0.2, 0.25) is 0 Å². The highest BCUT2D eigenvalue weighted by Crippen LogP contribution is 2.32. The van der Waals surface area contributed by atoms with Crippen LogP contribution in [0.5, 0.6) is 0 Å². The first-order valence-corrected chi connectivity index (χ1v) is 6.87. The monoisotopic (exact) mass is 277 g/mol. The number of carbonyl (C=O) groups is 2. The van der Waals surface area contributed by atoms with Crippen molar-refractivity contribution in [3.63, 3.8) is 0 Å². The summed E-state index contributed by atoms with van der Waals surface area (Å²) >= 11 is 0. The van der Waals surface area contributed by atoms with E-state index in [0.29, 0.717) is 6.61 Å². The molecule has 0 spiro atoms. The molecule has 0 unspecified atom stereocenters.